The molecule has 0 aromatic carbocycles. The van der Waals surface area contributed by atoms with Gasteiger partial charge in [0.05, 0.1) is 18.5 Å². The summed E-state index contributed by atoms with van der Waals surface area (Å²) in [4.78, 5) is 23.7. The summed E-state index contributed by atoms with van der Waals surface area (Å²) in [5.41, 5.74) is 0. The standard InChI is InChI=1S/C15H22N4O3/c1-10(2)22-12-7-16-14(17-8-12)19-6-3-11-9-18(15(20)21)5-4-13(11)19/h7-8,10-11,13H,3-6,9H2,1-2H3,(H,20,21)/t11-,13+/m1/s1. The third-order valence-corrected chi connectivity index (χ3v) is 4.35. The molecule has 2 fully saturated rings. The second kappa shape index (κ2) is 5.98. The molecular formula is C15H22N4O3. The number of aromatic nitrogens is 2. The molecule has 22 heavy (non-hydrogen) atoms. The molecule has 2 aliphatic heterocycles. The molecule has 3 heterocycles. The molecule has 1 aromatic heterocycles. The van der Waals surface area contributed by atoms with Gasteiger partial charge in [-0.25, -0.2) is 14.8 Å². The van der Waals surface area contributed by atoms with Crippen LogP contribution in [0, 0.1) is 5.92 Å². The Labute approximate surface area is 129 Å². The van der Waals surface area contributed by atoms with E-state index in [-0.39, 0.29) is 6.10 Å². The van der Waals surface area contributed by atoms with Crippen LogP contribution in [0.3, 0.4) is 0 Å². The summed E-state index contributed by atoms with van der Waals surface area (Å²) in [5, 5.41) is 9.12. The van der Waals surface area contributed by atoms with Crippen molar-refractivity contribution < 1.29 is 14.6 Å². The average molecular weight is 306 g/mol. The van der Waals surface area contributed by atoms with Crippen LogP contribution >= 0.6 is 0 Å². The lowest BCUT2D eigenvalue weighted by Gasteiger charge is -2.36. The van der Waals surface area contributed by atoms with Crippen LogP contribution in [0.5, 0.6) is 5.75 Å². The first-order valence-electron chi connectivity index (χ1n) is 7.78. The molecule has 2 atom stereocenters. The van der Waals surface area contributed by atoms with Gasteiger partial charge in [0.1, 0.15) is 0 Å². The monoisotopic (exact) mass is 306 g/mol. The van der Waals surface area contributed by atoms with Crippen molar-refractivity contribution in [2.24, 2.45) is 5.92 Å². The molecule has 0 saturated carbocycles. The minimum absolute atomic E-state index is 0.103. The van der Waals surface area contributed by atoms with Crippen molar-refractivity contribution in [3.63, 3.8) is 0 Å². The summed E-state index contributed by atoms with van der Waals surface area (Å²) < 4.78 is 5.56. The molecule has 3 rings (SSSR count). The van der Waals surface area contributed by atoms with Gasteiger partial charge in [0, 0.05) is 25.7 Å². The summed E-state index contributed by atoms with van der Waals surface area (Å²) >= 11 is 0. The first-order valence-corrected chi connectivity index (χ1v) is 7.78. The Kier molecular flexibility index (Phi) is 4.04. The molecule has 7 nitrogen and oxygen atoms in total. The van der Waals surface area contributed by atoms with Gasteiger partial charge >= 0.3 is 6.09 Å². The number of ether oxygens (including phenoxy) is 1. The second-order valence-corrected chi connectivity index (χ2v) is 6.21. The Hall–Kier alpha value is -2.05. The summed E-state index contributed by atoms with van der Waals surface area (Å²) in [5.74, 6) is 1.77. The van der Waals surface area contributed by atoms with Crippen LogP contribution < -0.4 is 9.64 Å². The number of anilines is 1. The van der Waals surface area contributed by atoms with E-state index in [0.29, 0.717) is 36.7 Å². The highest BCUT2D eigenvalue weighted by Gasteiger charge is 2.40. The van der Waals surface area contributed by atoms with Gasteiger partial charge in [-0.2, -0.15) is 0 Å². The topological polar surface area (TPSA) is 78.8 Å². The minimum Gasteiger partial charge on any atom is -0.488 e. The van der Waals surface area contributed by atoms with Crippen LogP contribution in [-0.2, 0) is 0 Å². The Balaban J connectivity index is 1.68. The molecule has 0 unspecified atom stereocenters. The fraction of sp³-hybridized carbons (Fsp3) is 0.667. The largest absolute Gasteiger partial charge is 0.488 e. The summed E-state index contributed by atoms with van der Waals surface area (Å²) in [6.45, 7) is 6.02. The predicted octanol–water partition coefficient (Wildman–Crippen LogP) is 1.84. The van der Waals surface area contributed by atoms with Gasteiger partial charge < -0.3 is 19.6 Å². The maximum absolute atomic E-state index is 11.1. The molecule has 0 bridgehead atoms. The van der Waals surface area contributed by atoms with Crippen LogP contribution in [0.2, 0.25) is 0 Å². The number of rotatable bonds is 3. The summed E-state index contributed by atoms with van der Waals surface area (Å²) in [6, 6.07) is 0.340. The molecule has 1 N–H and O–H groups in total. The van der Waals surface area contributed by atoms with Crippen LogP contribution in [0.4, 0.5) is 10.7 Å². The fourth-order valence-corrected chi connectivity index (χ4v) is 3.40. The molecule has 1 amide bonds. The maximum Gasteiger partial charge on any atom is 0.407 e. The van der Waals surface area contributed by atoms with E-state index in [1.807, 2.05) is 13.8 Å². The number of carbonyl (C=O) groups is 1. The number of hydrogen-bond acceptors (Lipinski definition) is 5. The fourth-order valence-electron chi connectivity index (χ4n) is 3.40. The van der Waals surface area contributed by atoms with E-state index < -0.39 is 6.09 Å². The van der Waals surface area contributed by atoms with Crippen LogP contribution in [0.25, 0.3) is 0 Å². The highest BCUT2D eigenvalue weighted by Crippen LogP contribution is 2.33. The molecule has 0 spiro atoms. The highest BCUT2D eigenvalue weighted by molar-refractivity contribution is 5.65. The Morgan fingerprint density at radius 1 is 1.32 bits per heavy atom. The van der Waals surface area contributed by atoms with E-state index in [0.717, 1.165) is 19.4 Å². The molecule has 0 radical (unpaired) electrons. The lowest BCUT2D eigenvalue weighted by atomic mass is 9.93. The zero-order valence-corrected chi connectivity index (χ0v) is 13.0. The lowest BCUT2D eigenvalue weighted by molar-refractivity contribution is 0.118. The van der Waals surface area contributed by atoms with Gasteiger partial charge in [0.15, 0.2) is 5.75 Å². The third-order valence-electron chi connectivity index (χ3n) is 4.35. The van der Waals surface area contributed by atoms with E-state index >= 15 is 0 Å². The van der Waals surface area contributed by atoms with E-state index in [1.165, 1.54) is 4.90 Å². The van der Waals surface area contributed by atoms with Gasteiger partial charge in [0.2, 0.25) is 5.95 Å². The van der Waals surface area contributed by atoms with Gasteiger partial charge in [0.25, 0.3) is 0 Å². The predicted molar refractivity (Wildman–Crippen MR) is 81.3 cm³/mol. The van der Waals surface area contributed by atoms with Crippen LogP contribution in [-0.4, -0.2) is 57.8 Å². The van der Waals surface area contributed by atoms with Crippen molar-refractivity contribution in [2.45, 2.75) is 38.8 Å². The molecule has 7 heteroatoms. The van der Waals surface area contributed by atoms with Crippen molar-refractivity contribution in [2.75, 3.05) is 24.5 Å². The summed E-state index contributed by atoms with van der Waals surface area (Å²) in [7, 11) is 0. The quantitative estimate of drug-likeness (QED) is 0.918. The Bertz CT molecular complexity index is 534. The zero-order valence-electron chi connectivity index (χ0n) is 13.0. The first kappa shape index (κ1) is 14.9. The van der Waals surface area contributed by atoms with Gasteiger partial charge in [-0.1, -0.05) is 0 Å². The van der Waals surface area contributed by atoms with Crippen molar-refractivity contribution in [3.8, 4) is 5.75 Å². The van der Waals surface area contributed by atoms with E-state index in [2.05, 4.69) is 14.9 Å². The number of likely N-dealkylation sites (tertiary alicyclic amines) is 1. The number of hydrogen-bond donors (Lipinski definition) is 1. The van der Waals surface area contributed by atoms with Gasteiger partial charge in [-0.05, 0) is 32.6 Å². The van der Waals surface area contributed by atoms with Crippen LogP contribution in [0.1, 0.15) is 26.7 Å². The molecular weight excluding hydrogens is 284 g/mol. The summed E-state index contributed by atoms with van der Waals surface area (Å²) in [6.07, 6.45) is 4.53. The number of fused-ring (bicyclic) bond motifs is 1. The van der Waals surface area contributed by atoms with Gasteiger partial charge in [-0.15, -0.1) is 0 Å². The van der Waals surface area contributed by atoms with Crippen molar-refractivity contribution >= 4 is 12.0 Å². The van der Waals surface area contributed by atoms with E-state index in [4.69, 9.17) is 9.84 Å². The van der Waals surface area contributed by atoms with Crippen molar-refractivity contribution in [1.82, 2.24) is 14.9 Å². The Morgan fingerprint density at radius 3 is 2.68 bits per heavy atom. The maximum atomic E-state index is 11.1. The number of piperidine rings is 1. The number of nitrogens with zero attached hydrogens (tertiary/aromatic N) is 4. The van der Waals surface area contributed by atoms with Gasteiger partial charge in [-0.3, -0.25) is 0 Å². The molecule has 2 saturated heterocycles. The normalized spacial score (nSPS) is 24.5. The first-order chi connectivity index (χ1) is 10.5. The average Bonchev–Trinajstić information content (AvgIpc) is 2.90. The zero-order chi connectivity index (χ0) is 15.7. The van der Waals surface area contributed by atoms with Crippen molar-refractivity contribution in [1.29, 1.82) is 0 Å². The van der Waals surface area contributed by atoms with E-state index in [1.54, 1.807) is 12.4 Å². The number of amides is 1. The molecule has 0 aliphatic carbocycles. The minimum atomic E-state index is -0.816. The van der Waals surface area contributed by atoms with Crippen LogP contribution in [0.15, 0.2) is 12.4 Å². The molecule has 2 aliphatic rings. The smallest absolute Gasteiger partial charge is 0.407 e. The SMILES string of the molecule is CC(C)Oc1cnc(N2CC[C@@H]3CN(C(=O)O)CC[C@@H]32)nc1. The second-order valence-electron chi connectivity index (χ2n) is 6.21. The lowest BCUT2D eigenvalue weighted by Crippen LogP contribution is -2.48. The third kappa shape index (κ3) is 2.93. The number of carboxylic acid groups (broad SMARTS) is 1. The van der Waals surface area contributed by atoms with E-state index in [9.17, 15) is 4.79 Å². The molecule has 1 aromatic rings. The molecule has 120 valence electrons. The Morgan fingerprint density at radius 2 is 2.05 bits per heavy atom. The van der Waals surface area contributed by atoms with Crippen molar-refractivity contribution in [3.05, 3.63) is 12.4 Å². The highest BCUT2D eigenvalue weighted by atomic mass is 16.5.